The molecule has 0 aliphatic carbocycles. The van der Waals surface area contributed by atoms with Crippen LogP contribution >= 0.6 is 0 Å². The third kappa shape index (κ3) is 8.59. The van der Waals surface area contributed by atoms with Crippen molar-refractivity contribution >= 4 is 11.9 Å². The van der Waals surface area contributed by atoms with Gasteiger partial charge >= 0.3 is 11.9 Å². The Labute approximate surface area is 78.5 Å². The van der Waals surface area contributed by atoms with E-state index in [2.05, 4.69) is 16.1 Å². The lowest BCUT2D eigenvalue weighted by Crippen LogP contribution is -2.10. The summed E-state index contributed by atoms with van der Waals surface area (Å²) in [5.74, 6) is -0.964. The Balaban J connectivity index is 0. The van der Waals surface area contributed by atoms with Crippen LogP contribution in [0.4, 0.5) is 0 Å². The maximum atomic E-state index is 10.7. The van der Waals surface area contributed by atoms with E-state index < -0.39 is 5.97 Å². The highest BCUT2D eigenvalue weighted by atomic mass is 16.7. The predicted octanol–water partition coefficient (Wildman–Crippen LogP) is 1.65. The fourth-order valence-corrected chi connectivity index (χ4v) is 0.488. The van der Waals surface area contributed by atoms with Gasteiger partial charge in [-0.15, -0.1) is 0 Å². The van der Waals surface area contributed by atoms with E-state index in [1.165, 1.54) is 0 Å². The summed E-state index contributed by atoms with van der Waals surface area (Å²) in [4.78, 5) is 21.1. The molecular weight excluding hydrogens is 172 g/mol. The smallest absolute Gasteiger partial charge is 0.333 e. The Kier molecular flexibility index (Phi) is 9.60. The van der Waals surface area contributed by atoms with E-state index in [1.54, 1.807) is 0 Å². The van der Waals surface area contributed by atoms with Crippen LogP contribution in [0, 0.1) is 0 Å². The van der Waals surface area contributed by atoms with Crippen LogP contribution in [0.25, 0.3) is 0 Å². The molecule has 0 fully saturated rings. The van der Waals surface area contributed by atoms with Crippen LogP contribution in [0.15, 0.2) is 12.7 Å². The number of hydrogen-bond donors (Lipinski definition) is 0. The monoisotopic (exact) mass is 188 g/mol. The molecule has 0 aromatic carbocycles. The zero-order valence-corrected chi connectivity index (χ0v) is 7.04. The molecule has 0 N–H and O–H groups in total. The van der Waals surface area contributed by atoms with Crippen molar-refractivity contribution in [1.29, 1.82) is 0 Å². The minimum Gasteiger partial charge on any atom is -0.428 e. The van der Waals surface area contributed by atoms with Crippen molar-refractivity contribution in [3.63, 3.8) is 0 Å². The number of esters is 2. The van der Waals surface area contributed by atoms with Gasteiger partial charge in [-0.2, -0.15) is 0 Å². The second-order valence-electron chi connectivity index (χ2n) is 2.05. The average molecular weight is 188 g/mol. The Morgan fingerprint density at radius 1 is 1.38 bits per heavy atom. The standard InChI is InChI=1S/C8H12O4.CH4/c1-3-5-8(10)12-6-11-7(9)4-2;/h4H,2-3,5-6H2,1H3;1H4. The van der Waals surface area contributed by atoms with Crippen LogP contribution in [0.1, 0.15) is 27.2 Å². The molecular formula is C9H16O4. The maximum Gasteiger partial charge on any atom is 0.333 e. The van der Waals surface area contributed by atoms with Gasteiger partial charge in [0.05, 0.1) is 0 Å². The van der Waals surface area contributed by atoms with Crippen LogP contribution in [-0.2, 0) is 19.1 Å². The molecule has 0 bridgehead atoms. The van der Waals surface area contributed by atoms with E-state index in [0.29, 0.717) is 12.8 Å². The molecule has 0 aromatic rings. The molecule has 0 aliphatic heterocycles. The summed E-state index contributed by atoms with van der Waals surface area (Å²) < 4.78 is 8.93. The molecule has 0 radical (unpaired) electrons. The molecule has 0 spiro atoms. The largest absolute Gasteiger partial charge is 0.428 e. The normalized spacial score (nSPS) is 8.08. The Bertz CT molecular complexity index is 174. The molecule has 4 nitrogen and oxygen atoms in total. The van der Waals surface area contributed by atoms with Gasteiger partial charge in [-0.1, -0.05) is 20.9 Å². The fourth-order valence-electron chi connectivity index (χ4n) is 0.488. The molecule has 0 aliphatic rings. The first kappa shape index (κ1) is 14.2. The minimum absolute atomic E-state index is 0. The molecule has 0 atom stereocenters. The van der Waals surface area contributed by atoms with E-state index in [0.717, 1.165) is 6.08 Å². The number of carbonyl (C=O) groups excluding carboxylic acids is 2. The highest BCUT2D eigenvalue weighted by Gasteiger charge is 2.01. The highest BCUT2D eigenvalue weighted by Crippen LogP contribution is 1.91. The first-order valence-electron chi connectivity index (χ1n) is 3.65. The fraction of sp³-hybridized carbons (Fsp3) is 0.556. The number of ether oxygens (including phenoxy) is 2. The van der Waals surface area contributed by atoms with Gasteiger partial charge in [-0.05, 0) is 6.42 Å². The van der Waals surface area contributed by atoms with Crippen LogP contribution in [0.3, 0.4) is 0 Å². The van der Waals surface area contributed by atoms with Gasteiger partial charge in [0.15, 0.2) is 0 Å². The van der Waals surface area contributed by atoms with Gasteiger partial charge in [-0.25, -0.2) is 4.79 Å². The molecule has 0 saturated heterocycles. The summed E-state index contributed by atoms with van der Waals surface area (Å²) >= 11 is 0. The van der Waals surface area contributed by atoms with Crippen molar-refractivity contribution in [3.05, 3.63) is 12.7 Å². The van der Waals surface area contributed by atoms with Gasteiger partial charge < -0.3 is 9.47 Å². The van der Waals surface area contributed by atoms with Crippen LogP contribution in [-0.4, -0.2) is 18.7 Å². The summed E-state index contributed by atoms with van der Waals surface area (Å²) in [6.07, 6.45) is 2.06. The molecule has 0 aromatic heterocycles. The lowest BCUT2D eigenvalue weighted by molar-refractivity contribution is -0.163. The van der Waals surface area contributed by atoms with Crippen molar-refractivity contribution in [3.8, 4) is 0 Å². The van der Waals surface area contributed by atoms with E-state index in [9.17, 15) is 9.59 Å². The van der Waals surface area contributed by atoms with Crippen molar-refractivity contribution in [2.75, 3.05) is 6.79 Å². The zero-order valence-electron chi connectivity index (χ0n) is 7.04. The van der Waals surface area contributed by atoms with Gasteiger partial charge in [-0.3, -0.25) is 4.79 Å². The molecule has 76 valence electrons. The van der Waals surface area contributed by atoms with E-state index in [4.69, 9.17) is 0 Å². The van der Waals surface area contributed by atoms with Crippen molar-refractivity contribution < 1.29 is 19.1 Å². The lowest BCUT2D eigenvalue weighted by Gasteiger charge is -2.02. The molecule has 0 rings (SSSR count). The summed E-state index contributed by atoms with van der Waals surface area (Å²) in [5, 5.41) is 0. The van der Waals surface area contributed by atoms with Crippen molar-refractivity contribution in [1.82, 2.24) is 0 Å². The number of carbonyl (C=O) groups is 2. The predicted molar refractivity (Wildman–Crippen MR) is 48.9 cm³/mol. The SMILES string of the molecule is C.C=CC(=O)OCOC(=O)CCC. The van der Waals surface area contributed by atoms with Crippen molar-refractivity contribution in [2.24, 2.45) is 0 Å². The summed E-state index contributed by atoms with van der Waals surface area (Å²) in [7, 11) is 0. The second-order valence-corrected chi connectivity index (χ2v) is 2.05. The van der Waals surface area contributed by atoms with Crippen LogP contribution in [0.2, 0.25) is 0 Å². The number of hydrogen-bond acceptors (Lipinski definition) is 4. The Morgan fingerprint density at radius 3 is 2.46 bits per heavy atom. The van der Waals surface area contributed by atoms with Gasteiger partial charge in [0, 0.05) is 12.5 Å². The first-order chi connectivity index (χ1) is 5.70. The van der Waals surface area contributed by atoms with E-state index in [-0.39, 0.29) is 20.2 Å². The third-order valence-corrected chi connectivity index (χ3v) is 1.04. The van der Waals surface area contributed by atoms with E-state index in [1.807, 2.05) is 6.92 Å². The third-order valence-electron chi connectivity index (χ3n) is 1.04. The molecule has 0 unspecified atom stereocenters. The second kappa shape index (κ2) is 8.77. The Morgan fingerprint density at radius 2 is 2.00 bits per heavy atom. The topological polar surface area (TPSA) is 52.6 Å². The maximum absolute atomic E-state index is 10.7. The molecule has 13 heavy (non-hydrogen) atoms. The van der Waals surface area contributed by atoms with E-state index >= 15 is 0 Å². The van der Waals surface area contributed by atoms with Gasteiger partial charge in [0.25, 0.3) is 0 Å². The number of rotatable bonds is 5. The van der Waals surface area contributed by atoms with Gasteiger partial charge in [0.1, 0.15) is 0 Å². The molecule has 0 amide bonds. The van der Waals surface area contributed by atoms with Crippen LogP contribution < -0.4 is 0 Å². The molecule has 0 saturated carbocycles. The molecule has 4 heteroatoms. The Hall–Kier alpha value is -1.32. The molecule has 0 heterocycles. The van der Waals surface area contributed by atoms with Gasteiger partial charge in [0.2, 0.25) is 6.79 Å². The summed E-state index contributed by atoms with van der Waals surface area (Å²) in [6.45, 7) is 4.71. The summed E-state index contributed by atoms with van der Waals surface area (Å²) in [6, 6.07) is 0. The first-order valence-corrected chi connectivity index (χ1v) is 3.65. The quantitative estimate of drug-likeness (QED) is 0.374. The van der Waals surface area contributed by atoms with Crippen molar-refractivity contribution in [2.45, 2.75) is 27.2 Å². The van der Waals surface area contributed by atoms with Crippen LogP contribution in [0.5, 0.6) is 0 Å². The summed E-state index contributed by atoms with van der Waals surface area (Å²) in [5.41, 5.74) is 0. The zero-order chi connectivity index (χ0) is 9.40. The minimum atomic E-state index is -0.598. The average Bonchev–Trinajstić information content (AvgIpc) is 2.04. The highest BCUT2D eigenvalue weighted by molar-refractivity contribution is 5.81. The lowest BCUT2D eigenvalue weighted by atomic mass is 10.3.